The first-order valence-electron chi connectivity index (χ1n) is 11.5. The second kappa shape index (κ2) is 10.1. The number of carbonyl (C=O) groups is 4. The molecule has 0 spiro atoms. The molecule has 0 radical (unpaired) electrons. The van der Waals surface area contributed by atoms with E-state index in [1.807, 2.05) is 64.1 Å². The van der Waals surface area contributed by atoms with E-state index in [4.69, 9.17) is 0 Å². The van der Waals surface area contributed by atoms with Gasteiger partial charge in [0.15, 0.2) is 23.1 Å². The zero-order valence-corrected chi connectivity index (χ0v) is 20.6. The predicted molar refractivity (Wildman–Crippen MR) is 136 cm³/mol. The first-order chi connectivity index (χ1) is 16.0. The topological polar surface area (TPSA) is 68.3 Å². The van der Waals surface area contributed by atoms with Crippen molar-refractivity contribution < 1.29 is 19.2 Å². The summed E-state index contributed by atoms with van der Waals surface area (Å²) in [4.78, 5) is 49.3. The fraction of sp³-hybridized carbons (Fsp3) is 0.267. The average molecular weight is 455 g/mol. The van der Waals surface area contributed by atoms with Crippen LogP contribution in [-0.2, 0) is 0 Å². The number of ketones is 4. The molecule has 34 heavy (non-hydrogen) atoms. The van der Waals surface area contributed by atoms with Crippen LogP contribution in [0.15, 0.2) is 60.7 Å². The minimum Gasteiger partial charge on any atom is -0.295 e. The van der Waals surface area contributed by atoms with Gasteiger partial charge in [-0.3, -0.25) is 19.2 Å². The minimum atomic E-state index is -0.177. The van der Waals surface area contributed by atoms with Gasteiger partial charge in [0.05, 0.1) is 0 Å². The van der Waals surface area contributed by atoms with Crippen LogP contribution in [0.1, 0.15) is 83.0 Å². The number of hydrogen-bond acceptors (Lipinski definition) is 4. The van der Waals surface area contributed by atoms with E-state index in [0.29, 0.717) is 22.3 Å². The zero-order chi connectivity index (χ0) is 25.2. The van der Waals surface area contributed by atoms with Gasteiger partial charge in [0.25, 0.3) is 0 Å². The summed E-state index contributed by atoms with van der Waals surface area (Å²) in [5, 5.41) is 0. The summed E-state index contributed by atoms with van der Waals surface area (Å²) >= 11 is 0. The maximum atomic E-state index is 12.7. The van der Waals surface area contributed by atoms with Crippen LogP contribution in [-0.4, -0.2) is 23.1 Å². The molecule has 0 aromatic heterocycles. The maximum Gasteiger partial charge on any atom is 0.165 e. The molecule has 0 fully saturated rings. The van der Waals surface area contributed by atoms with E-state index >= 15 is 0 Å². The summed E-state index contributed by atoms with van der Waals surface area (Å²) in [6.45, 7) is 10.3. The van der Waals surface area contributed by atoms with Gasteiger partial charge in [-0.1, -0.05) is 52.0 Å². The lowest BCUT2D eigenvalue weighted by atomic mass is 9.90. The van der Waals surface area contributed by atoms with Gasteiger partial charge in [-0.2, -0.15) is 0 Å². The Kier molecular flexibility index (Phi) is 7.41. The smallest absolute Gasteiger partial charge is 0.165 e. The van der Waals surface area contributed by atoms with E-state index in [1.54, 1.807) is 24.3 Å². The lowest BCUT2D eigenvalue weighted by Gasteiger charge is -2.13. The molecule has 4 heteroatoms. The van der Waals surface area contributed by atoms with Gasteiger partial charge in [0.2, 0.25) is 0 Å². The third-order valence-electron chi connectivity index (χ3n) is 5.85. The van der Waals surface area contributed by atoms with Crippen molar-refractivity contribution in [1.29, 1.82) is 0 Å². The molecule has 0 atom stereocenters. The summed E-state index contributed by atoms with van der Waals surface area (Å²) in [6.07, 6.45) is 0. The van der Waals surface area contributed by atoms with Gasteiger partial charge in [-0.15, -0.1) is 0 Å². The maximum absolute atomic E-state index is 12.7. The number of carbonyl (C=O) groups excluding carboxylic acids is 4. The van der Waals surface area contributed by atoms with Crippen molar-refractivity contribution >= 4 is 23.1 Å². The highest BCUT2D eigenvalue weighted by atomic mass is 16.1. The molecule has 0 aliphatic carbocycles. The number of hydrogen-bond donors (Lipinski definition) is 0. The first-order valence-corrected chi connectivity index (χ1v) is 11.5. The Morgan fingerprint density at radius 3 is 1.06 bits per heavy atom. The molecule has 3 rings (SSSR count). The molecule has 0 amide bonds. The van der Waals surface area contributed by atoms with Crippen LogP contribution >= 0.6 is 0 Å². The Bertz CT molecular complexity index is 1210. The molecule has 4 nitrogen and oxygen atoms in total. The van der Waals surface area contributed by atoms with Crippen molar-refractivity contribution in [3.63, 3.8) is 0 Å². The van der Waals surface area contributed by atoms with Gasteiger partial charge >= 0.3 is 0 Å². The van der Waals surface area contributed by atoms with Crippen molar-refractivity contribution in [2.75, 3.05) is 0 Å². The molecular formula is C30H30O4. The van der Waals surface area contributed by atoms with E-state index in [0.717, 1.165) is 22.3 Å². The first kappa shape index (κ1) is 25.0. The van der Waals surface area contributed by atoms with Crippen LogP contribution in [0.5, 0.6) is 0 Å². The molecule has 0 saturated carbocycles. The SMILES string of the molecule is CC(=O)c1cc(C(C)=O)cc(-c2ccc(-c3cc(C(=O)C(C)C)cc(C(=O)C(C)C)c3)cc2)c1. The Morgan fingerprint density at radius 2 is 0.765 bits per heavy atom. The standard InChI is InChI=1S/C30H30O4/c1-17(2)29(33)27-14-26(15-28(16-27)30(34)18(3)4)22-9-7-21(8-10-22)25-12-23(19(5)31)11-24(13-25)20(6)32/h7-18H,1-6H3. The summed E-state index contributed by atoms with van der Waals surface area (Å²) in [7, 11) is 0. The fourth-order valence-electron chi connectivity index (χ4n) is 3.80. The highest BCUT2D eigenvalue weighted by Crippen LogP contribution is 2.29. The molecule has 0 heterocycles. The van der Waals surface area contributed by atoms with Gasteiger partial charge < -0.3 is 0 Å². The Hall–Kier alpha value is -3.66. The lowest BCUT2D eigenvalue weighted by molar-refractivity contribution is 0.0936. The normalized spacial score (nSPS) is 11.1. The third-order valence-corrected chi connectivity index (χ3v) is 5.85. The van der Waals surface area contributed by atoms with Gasteiger partial charge in [0, 0.05) is 34.1 Å². The second-order valence-corrected chi connectivity index (χ2v) is 9.33. The van der Waals surface area contributed by atoms with E-state index in [1.165, 1.54) is 13.8 Å². The van der Waals surface area contributed by atoms with Gasteiger partial charge in [-0.25, -0.2) is 0 Å². The van der Waals surface area contributed by atoms with E-state index in [2.05, 4.69) is 0 Å². The highest BCUT2D eigenvalue weighted by molar-refractivity contribution is 6.04. The quantitative estimate of drug-likeness (QED) is 0.340. The zero-order valence-electron chi connectivity index (χ0n) is 20.6. The van der Waals surface area contributed by atoms with Crippen molar-refractivity contribution in [3.05, 3.63) is 82.9 Å². The predicted octanol–water partition coefficient (Wildman–Crippen LogP) is 7.10. The van der Waals surface area contributed by atoms with Crippen LogP contribution in [0.25, 0.3) is 22.3 Å². The molecule has 0 aliphatic heterocycles. The van der Waals surface area contributed by atoms with E-state index < -0.39 is 0 Å². The summed E-state index contributed by atoms with van der Waals surface area (Å²) < 4.78 is 0. The van der Waals surface area contributed by atoms with Crippen LogP contribution in [0.2, 0.25) is 0 Å². The lowest BCUT2D eigenvalue weighted by Crippen LogP contribution is -2.12. The molecular weight excluding hydrogens is 424 g/mol. The third kappa shape index (κ3) is 5.45. The molecule has 0 saturated heterocycles. The molecule has 174 valence electrons. The molecule has 0 N–H and O–H groups in total. The largest absolute Gasteiger partial charge is 0.295 e. The second-order valence-electron chi connectivity index (χ2n) is 9.33. The van der Waals surface area contributed by atoms with Crippen LogP contribution in [0.4, 0.5) is 0 Å². The van der Waals surface area contributed by atoms with Crippen molar-refractivity contribution in [1.82, 2.24) is 0 Å². The summed E-state index contributed by atoms with van der Waals surface area (Å²) in [6, 6.07) is 18.2. The Morgan fingerprint density at radius 1 is 0.471 bits per heavy atom. The Balaban J connectivity index is 2.08. The van der Waals surface area contributed by atoms with Crippen LogP contribution in [0, 0.1) is 11.8 Å². The van der Waals surface area contributed by atoms with Crippen LogP contribution in [0.3, 0.4) is 0 Å². The molecule has 0 aliphatic rings. The monoisotopic (exact) mass is 454 g/mol. The van der Waals surface area contributed by atoms with Crippen molar-refractivity contribution in [2.45, 2.75) is 41.5 Å². The minimum absolute atomic E-state index is 0.00548. The van der Waals surface area contributed by atoms with E-state index in [9.17, 15) is 19.2 Å². The number of rotatable bonds is 8. The van der Waals surface area contributed by atoms with Gasteiger partial charge in [-0.05, 0) is 72.5 Å². The average Bonchev–Trinajstić information content (AvgIpc) is 2.82. The fourth-order valence-corrected chi connectivity index (χ4v) is 3.80. The van der Waals surface area contributed by atoms with Crippen molar-refractivity contribution in [2.24, 2.45) is 11.8 Å². The summed E-state index contributed by atoms with van der Waals surface area (Å²) in [5.74, 6) is -0.569. The highest BCUT2D eigenvalue weighted by Gasteiger charge is 2.18. The number of benzene rings is 3. The Labute approximate surface area is 201 Å². The van der Waals surface area contributed by atoms with Gasteiger partial charge in [0.1, 0.15) is 0 Å². The number of Topliss-reactive ketones (excluding diaryl/α,β-unsaturated/α-hetero) is 4. The molecule has 3 aromatic carbocycles. The van der Waals surface area contributed by atoms with Crippen LogP contribution < -0.4 is 0 Å². The molecule has 3 aromatic rings. The molecule has 0 unspecified atom stereocenters. The summed E-state index contributed by atoms with van der Waals surface area (Å²) in [5.41, 5.74) is 5.35. The molecule has 0 bridgehead atoms. The van der Waals surface area contributed by atoms with Crippen molar-refractivity contribution in [3.8, 4) is 22.3 Å². The van der Waals surface area contributed by atoms with E-state index in [-0.39, 0.29) is 35.0 Å².